The van der Waals surface area contributed by atoms with Crippen LogP contribution < -0.4 is 15.5 Å². The molecular formula is C18H20BrN3O. The summed E-state index contributed by atoms with van der Waals surface area (Å²) < 4.78 is 1.01. The lowest BCUT2D eigenvalue weighted by molar-refractivity contribution is -0.115. The van der Waals surface area contributed by atoms with Gasteiger partial charge in [-0.1, -0.05) is 28.1 Å². The maximum absolute atomic E-state index is 12.5. The normalized spacial score (nSPS) is 13.7. The van der Waals surface area contributed by atoms with Crippen LogP contribution in [0.2, 0.25) is 0 Å². The van der Waals surface area contributed by atoms with Crippen molar-refractivity contribution in [1.29, 1.82) is 0 Å². The van der Waals surface area contributed by atoms with Crippen molar-refractivity contribution in [3.63, 3.8) is 0 Å². The fourth-order valence-electron chi connectivity index (χ4n) is 2.81. The van der Waals surface area contributed by atoms with Crippen LogP contribution in [0.3, 0.4) is 0 Å². The highest BCUT2D eigenvalue weighted by molar-refractivity contribution is 9.10. The predicted molar refractivity (Wildman–Crippen MR) is 99.3 cm³/mol. The van der Waals surface area contributed by atoms with Crippen LogP contribution in [0.4, 0.5) is 17.1 Å². The lowest BCUT2D eigenvalue weighted by atomic mass is 10.2. The van der Waals surface area contributed by atoms with Gasteiger partial charge in [-0.2, -0.15) is 0 Å². The Morgan fingerprint density at radius 1 is 1.30 bits per heavy atom. The predicted octanol–water partition coefficient (Wildman–Crippen LogP) is 4.02. The van der Waals surface area contributed by atoms with Gasteiger partial charge in [-0.05, 0) is 49.2 Å². The first-order valence-electron chi connectivity index (χ1n) is 7.77. The molecule has 23 heavy (non-hydrogen) atoms. The molecule has 0 saturated carbocycles. The van der Waals surface area contributed by atoms with Gasteiger partial charge < -0.3 is 15.5 Å². The number of nitrogens with zero attached hydrogens (tertiary/aromatic N) is 1. The number of carbonyl (C=O) groups excluding carboxylic acids is 1. The van der Waals surface area contributed by atoms with Gasteiger partial charge in [0.2, 0.25) is 5.91 Å². The molecule has 0 fully saturated rings. The van der Waals surface area contributed by atoms with Gasteiger partial charge in [0.15, 0.2) is 0 Å². The van der Waals surface area contributed by atoms with Gasteiger partial charge in [0, 0.05) is 23.2 Å². The Morgan fingerprint density at radius 3 is 2.96 bits per heavy atom. The zero-order chi connectivity index (χ0) is 16.2. The lowest BCUT2D eigenvalue weighted by Gasteiger charge is -2.24. The van der Waals surface area contributed by atoms with E-state index in [2.05, 4.69) is 43.6 Å². The summed E-state index contributed by atoms with van der Waals surface area (Å²) in [5, 5.41) is 6.43. The number of halogens is 1. The maximum atomic E-state index is 12.5. The molecule has 0 unspecified atom stereocenters. The highest BCUT2D eigenvalue weighted by Gasteiger charge is 2.17. The minimum absolute atomic E-state index is 0.00660. The number of fused-ring (bicyclic) bond motifs is 1. The molecule has 4 nitrogen and oxygen atoms in total. The van der Waals surface area contributed by atoms with E-state index in [4.69, 9.17) is 0 Å². The Morgan fingerprint density at radius 2 is 2.13 bits per heavy atom. The molecule has 1 aliphatic rings. The average Bonchev–Trinajstić information content (AvgIpc) is 2.73. The van der Waals surface area contributed by atoms with E-state index in [9.17, 15) is 4.79 Å². The van der Waals surface area contributed by atoms with Crippen LogP contribution in [-0.2, 0) is 4.79 Å². The van der Waals surface area contributed by atoms with Crippen molar-refractivity contribution in [3.8, 4) is 0 Å². The van der Waals surface area contributed by atoms with Crippen molar-refractivity contribution in [2.75, 3.05) is 35.2 Å². The standard InChI is InChI=1S/C18H20BrN3O/c1-13-11-14(19)7-8-15(13)21-18(23)12-22-10-4-9-20-16-5-2-3-6-17(16)22/h2-3,5-8,11,20H,4,9-10,12H2,1H3,(H,21,23). The van der Waals surface area contributed by atoms with E-state index in [1.54, 1.807) is 0 Å². The van der Waals surface area contributed by atoms with Crippen LogP contribution in [0.1, 0.15) is 12.0 Å². The van der Waals surface area contributed by atoms with E-state index >= 15 is 0 Å². The largest absolute Gasteiger partial charge is 0.383 e. The smallest absolute Gasteiger partial charge is 0.243 e. The van der Waals surface area contributed by atoms with E-state index in [-0.39, 0.29) is 5.91 Å². The van der Waals surface area contributed by atoms with E-state index in [0.29, 0.717) is 6.54 Å². The summed E-state index contributed by atoms with van der Waals surface area (Å²) in [5.74, 6) is 0.00660. The Balaban J connectivity index is 1.72. The summed E-state index contributed by atoms with van der Waals surface area (Å²) in [6.07, 6.45) is 1.01. The number of para-hydroxylation sites is 2. The third-order valence-electron chi connectivity index (χ3n) is 3.96. The molecule has 1 amide bonds. The van der Waals surface area contributed by atoms with Gasteiger partial charge >= 0.3 is 0 Å². The van der Waals surface area contributed by atoms with Crippen molar-refractivity contribution in [1.82, 2.24) is 0 Å². The minimum Gasteiger partial charge on any atom is -0.383 e. The number of aryl methyl sites for hydroxylation is 1. The van der Waals surface area contributed by atoms with Gasteiger partial charge in [-0.25, -0.2) is 0 Å². The van der Waals surface area contributed by atoms with Crippen LogP contribution in [0.15, 0.2) is 46.9 Å². The molecule has 2 aromatic rings. The molecule has 0 bridgehead atoms. The summed E-state index contributed by atoms with van der Waals surface area (Å²) in [7, 11) is 0. The molecule has 0 aliphatic carbocycles. The van der Waals surface area contributed by atoms with Gasteiger partial charge in [0.05, 0.1) is 17.9 Å². The number of amides is 1. The quantitative estimate of drug-likeness (QED) is 0.853. The molecule has 3 rings (SSSR count). The first kappa shape index (κ1) is 15.9. The molecule has 0 radical (unpaired) electrons. The number of benzene rings is 2. The van der Waals surface area contributed by atoms with Crippen molar-refractivity contribution < 1.29 is 4.79 Å². The minimum atomic E-state index is 0.00660. The van der Waals surface area contributed by atoms with Crippen molar-refractivity contribution in [3.05, 3.63) is 52.5 Å². The number of nitrogens with one attached hydrogen (secondary N) is 2. The molecule has 5 heteroatoms. The average molecular weight is 374 g/mol. The van der Waals surface area contributed by atoms with E-state index < -0.39 is 0 Å². The monoisotopic (exact) mass is 373 g/mol. The summed E-state index contributed by atoms with van der Waals surface area (Å²) >= 11 is 3.44. The molecule has 1 aliphatic heterocycles. The Hall–Kier alpha value is -2.01. The Kier molecular flexibility index (Phi) is 4.86. The first-order valence-corrected chi connectivity index (χ1v) is 8.56. The second kappa shape index (κ2) is 7.04. The van der Waals surface area contributed by atoms with E-state index in [1.165, 1.54) is 0 Å². The molecular weight excluding hydrogens is 354 g/mol. The summed E-state index contributed by atoms with van der Waals surface area (Å²) in [5.41, 5.74) is 4.09. The Labute approximate surface area is 145 Å². The van der Waals surface area contributed by atoms with Crippen LogP contribution in [-0.4, -0.2) is 25.5 Å². The fraction of sp³-hybridized carbons (Fsp3) is 0.278. The van der Waals surface area contributed by atoms with Crippen molar-refractivity contribution in [2.24, 2.45) is 0 Å². The number of hydrogen-bond acceptors (Lipinski definition) is 3. The third-order valence-corrected chi connectivity index (χ3v) is 4.46. The second-order valence-corrected chi connectivity index (χ2v) is 6.64. The van der Waals surface area contributed by atoms with Crippen LogP contribution >= 0.6 is 15.9 Å². The summed E-state index contributed by atoms with van der Waals surface area (Å²) in [4.78, 5) is 14.6. The van der Waals surface area contributed by atoms with Gasteiger partial charge in [0.1, 0.15) is 0 Å². The SMILES string of the molecule is Cc1cc(Br)ccc1NC(=O)CN1CCCNc2ccccc21. The number of carbonyl (C=O) groups is 1. The van der Waals surface area contributed by atoms with E-state index in [0.717, 1.165) is 46.6 Å². The lowest BCUT2D eigenvalue weighted by Crippen LogP contribution is -2.33. The second-order valence-electron chi connectivity index (χ2n) is 5.73. The van der Waals surface area contributed by atoms with Crippen molar-refractivity contribution >= 4 is 38.9 Å². The van der Waals surface area contributed by atoms with Crippen LogP contribution in [0.5, 0.6) is 0 Å². The number of rotatable bonds is 3. The fourth-order valence-corrected chi connectivity index (χ4v) is 3.28. The number of anilines is 3. The molecule has 2 N–H and O–H groups in total. The molecule has 2 aromatic carbocycles. The molecule has 0 atom stereocenters. The van der Waals surface area contributed by atoms with Gasteiger partial charge in [-0.15, -0.1) is 0 Å². The van der Waals surface area contributed by atoms with E-state index in [1.807, 2.05) is 37.3 Å². The summed E-state index contributed by atoms with van der Waals surface area (Å²) in [6.45, 7) is 4.15. The van der Waals surface area contributed by atoms with Gasteiger partial charge in [0.25, 0.3) is 0 Å². The topological polar surface area (TPSA) is 44.4 Å². The molecule has 0 aromatic heterocycles. The molecule has 1 heterocycles. The van der Waals surface area contributed by atoms with Gasteiger partial charge in [-0.3, -0.25) is 4.79 Å². The molecule has 120 valence electrons. The van der Waals surface area contributed by atoms with Crippen LogP contribution in [0, 0.1) is 6.92 Å². The summed E-state index contributed by atoms with van der Waals surface area (Å²) in [6, 6.07) is 14.0. The Bertz CT molecular complexity index is 717. The highest BCUT2D eigenvalue weighted by atomic mass is 79.9. The van der Waals surface area contributed by atoms with Crippen LogP contribution in [0.25, 0.3) is 0 Å². The highest BCUT2D eigenvalue weighted by Crippen LogP contribution is 2.28. The zero-order valence-electron chi connectivity index (χ0n) is 13.1. The molecule has 0 saturated heterocycles. The van der Waals surface area contributed by atoms with Crippen molar-refractivity contribution in [2.45, 2.75) is 13.3 Å². The third kappa shape index (κ3) is 3.85. The first-order chi connectivity index (χ1) is 11.1. The number of hydrogen-bond donors (Lipinski definition) is 2. The maximum Gasteiger partial charge on any atom is 0.243 e. The zero-order valence-corrected chi connectivity index (χ0v) is 14.7. The molecule has 0 spiro atoms.